The van der Waals surface area contributed by atoms with Gasteiger partial charge in [0.05, 0.1) is 12.6 Å². The number of H-pyrrole nitrogens is 1. The zero-order chi connectivity index (χ0) is 32.8. The maximum atomic E-state index is 12.6. The third-order valence-corrected chi connectivity index (χ3v) is 8.40. The Morgan fingerprint density at radius 3 is 2.40 bits per heavy atom. The highest BCUT2D eigenvalue weighted by molar-refractivity contribution is 7.87. The van der Waals surface area contributed by atoms with E-state index in [-0.39, 0.29) is 12.5 Å². The van der Waals surface area contributed by atoms with Crippen molar-refractivity contribution in [3.63, 3.8) is 0 Å². The molecule has 0 bridgehead atoms. The fourth-order valence-corrected chi connectivity index (χ4v) is 5.71. The Kier molecular flexibility index (Phi) is 14.4. The number of rotatable bonds is 19. The maximum Gasteiger partial charge on any atom is 0.330 e. The number of carbonyl (C=O) groups excluding carboxylic acids is 2. The second-order valence-electron chi connectivity index (χ2n) is 11.1. The average molecular weight is 654 g/mol. The van der Waals surface area contributed by atoms with E-state index in [0.717, 1.165) is 48.1 Å². The van der Waals surface area contributed by atoms with Crippen molar-refractivity contribution < 1.29 is 41.9 Å². The van der Waals surface area contributed by atoms with Crippen molar-refractivity contribution in [2.45, 2.75) is 95.3 Å². The van der Waals surface area contributed by atoms with Crippen LogP contribution >= 0.6 is 0 Å². The van der Waals surface area contributed by atoms with Crippen molar-refractivity contribution in [3.8, 4) is 0 Å². The molecule has 1 amide bonds. The van der Waals surface area contributed by atoms with Gasteiger partial charge in [0.15, 0.2) is 12.0 Å². The highest BCUT2D eigenvalue weighted by Gasteiger charge is 2.45. The molecule has 3 rings (SSSR count). The topological polar surface area (TPSA) is 203 Å². The predicted molar refractivity (Wildman–Crippen MR) is 163 cm³/mol. The minimum absolute atomic E-state index is 0.184. The third-order valence-electron chi connectivity index (χ3n) is 7.31. The van der Waals surface area contributed by atoms with Crippen LogP contribution in [-0.2, 0) is 39.8 Å². The second-order valence-corrected chi connectivity index (χ2v) is 12.7. The van der Waals surface area contributed by atoms with Crippen LogP contribution in [0, 0.1) is 0 Å². The quantitative estimate of drug-likeness (QED) is 0.0953. The number of unbranched alkanes of at least 4 members (excludes halogenated alkanes) is 6. The van der Waals surface area contributed by atoms with Gasteiger partial charge in [-0.3, -0.25) is 28.1 Å². The molecule has 14 nitrogen and oxygen atoms in total. The number of carbonyl (C=O) groups is 2. The van der Waals surface area contributed by atoms with E-state index in [4.69, 9.17) is 13.7 Å². The van der Waals surface area contributed by atoms with Crippen LogP contribution < -0.4 is 16.6 Å². The van der Waals surface area contributed by atoms with Gasteiger partial charge in [0.1, 0.15) is 24.9 Å². The Morgan fingerprint density at radius 2 is 1.71 bits per heavy atom. The molecular formula is C30H43N3O11S. The molecule has 45 heavy (non-hydrogen) atoms. The number of aromatic nitrogens is 2. The standard InChI is InChI=1S/C30H43N3O11S/c1-2-3-4-5-6-7-11-14-24(34)31-22(17-21-12-9-8-10-13-21)18-42-26(36)20-45(40,41)43-19-23-27(37)28(38)29(44-23)33-16-15-25(35)32-30(33)39/h8-10,12-13,15-16,22-23,27-29,37-38H,2-7,11,14,17-20H2,1H3,(H,31,34)(H,32,35,39)/t22?,23-,27-,28-,29-/m1/s1. The van der Waals surface area contributed by atoms with Crippen LogP contribution in [0.4, 0.5) is 0 Å². The van der Waals surface area contributed by atoms with Gasteiger partial charge >= 0.3 is 11.7 Å². The van der Waals surface area contributed by atoms with Gasteiger partial charge in [-0.2, -0.15) is 8.42 Å². The fourth-order valence-electron chi connectivity index (χ4n) is 4.91. The smallest absolute Gasteiger partial charge is 0.330 e. The maximum absolute atomic E-state index is 12.6. The van der Waals surface area contributed by atoms with Crippen LogP contribution in [0.5, 0.6) is 0 Å². The third kappa shape index (κ3) is 12.2. The summed E-state index contributed by atoms with van der Waals surface area (Å²) in [5, 5.41) is 23.5. The first-order chi connectivity index (χ1) is 21.5. The highest BCUT2D eigenvalue weighted by atomic mass is 32.2. The van der Waals surface area contributed by atoms with Gasteiger partial charge in [-0.05, 0) is 18.4 Å². The summed E-state index contributed by atoms with van der Waals surface area (Å²) in [6.07, 6.45) is 3.13. The molecular weight excluding hydrogens is 610 g/mol. The Bertz CT molecular complexity index is 1440. The van der Waals surface area contributed by atoms with Gasteiger partial charge in [0, 0.05) is 18.7 Å². The van der Waals surface area contributed by atoms with Crippen LogP contribution in [0.1, 0.15) is 70.1 Å². The summed E-state index contributed by atoms with van der Waals surface area (Å²) in [7, 11) is -4.51. The predicted octanol–water partition coefficient (Wildman–Crippen LogP) is 0.914. The first-order valence-electron chi connectivity index (χ1n) is 15.2. The minimum atomic E-state index is -4.51. The van der Waals surface area contributed by atoms with Crippen molar-refractivity contribution in [1.29, 1.82) is 0 Å². The Morgan fingerprint density at radius 1 is 1.02 bits per heavy atom. The van der Waals surface area contributed by atoms with Crippen molar-refractivity contribution in [1.82, 2.24) is 14.9 Å². The normalized spacial score (nSPS) is 20.5. The molecule has 15 heteroatoms. The number of nitrogens with zero attached hydrogens (tertiary/aromatic N) is 1. The van der Waals surface area contributed by atoms with Gasteiger partial charge < -0.3 is 25.0 Å². The summed E-state index contributed by atoms with van der Waals surface area (Å²) in [5.74, 6) is -2.44. The highest BCUT2D eigenvalue weighted by Crippen LogP contribution is 2.28. The number of hydrogen-bond donors (Lipinski definition) is 4. The number of aromatic amines is 1. The number of aliphatic hydroxyl groups is 2. The number of amides is 1. The molecule has 4 N–H and O–H groups in total. The Balaban J connectivity index is 1.48. The lowest BCUT2D eigenvalue weighted by Gasteiger charge is -2.19. The second kappa shape index (κ2) is 17.9. The molecule has 1 aromatic heterocycles. The van der Waals surface area contributed by atoms with E-state index >= 15 is 0 Å². The summed E-state index contributed by atoms with van der Waals surface area (Å²) < 4.78 is 41.3. The van der Waals surface area contributed by atoms with E-state index in [1.54, 1.807) is 0 Å². The lowest BCUT2D eigenvalue weighted by molar-refractivity contribution is -0.142. The number of esters is 1. The molecule has 0 aliphatic carbocycles. The summed E-state index contributed by atoms with van der Waals surface area (Å²) in [4.78, 5) is 50.4. The SMILES string of the molecule is CCCCCCCCCC(=O)NC(COC(=O)CS(=O)(=O)OC[C@H]1O[C@@H](n2ccc(=O)[nH]c2=O)[C@H](O)[C@@H]1O)Cc1ccccc1. The molecule has 1 aliphatic heterocycles. The molecule has 1 aliphatic rings. The van der Waals surface area contributed by atoms with Crippen LogP contribution in [0.3, 0.4) is 0 Å². The van der Waals surface area contributed by atoms with Crippen molar-refractivity contribution >= 4 is 22.0 Å². The van der Waals surface area contributed by atoms with E-state index in [9.17, 15) is 37.8 Å². The van der Waals surface area contributed by atoms with E-state index < -0.39 is 70.3 Å². The first kappa shape index (κ1) is 36.1. The van der Waals surface area contributed by atoms with Crippen LogP contribution in [0.15, 0.2) is 52.2 Å². The van der Waals surface area contributed by atoms with Crippen molar-refractivity contribution in [3.05, 3.63) is 69.0 Å². The number of nitrogens with one attached hydrogen (secondary N) is 2. The zero-order valence-electron chi connectivity index (χ0n) is 25.3. The molecule has 2 heterocycles. The number of hydrogen-bond acceptors (Lipinski definition) is 11. The zero-order valence-corrected chi connectivity index (χ0v) is 26.2. The molecule has 5 atom stereocenters. The number of benzene rings is 1. The van der Waals surface area contributed by atoms with Gasteiger partial charge in [-0.1, -0.05) is 75.8 Å². The van der Waals surface area contributed by atoms with Gasteiger partial charge in [-0.25, -0.2) is 4.79 Å². The Labute approximate surface area is 261 Å². The van der Waals surface area contributed by atoms with Crippen molar-refractivity contribution in [2.75, 3.05) is 19.0 Å². The lowest BCUT2D eigenvalue weighted by atomic mass is 10.1. The minimum Gasteiger partial charge on any atom is -0.463 e. The van der Waals surface area contributed by atoms with E-state index in [1.807, 2.05) is 35.3 Å². The molecule has 1 fully saturated rings. The monoisotopic (exact) mass is 653 g/mol. The van der Waals surface area contributed by atoms with Gasteiger partial charge in [0.2, 0.25) is 5.91 Å². The fraction of sp³-hybridized carbons (Fsp3) is 0.600. The molecule has 0 saturated carbocycles. The molecule has 1 unspecified atom stereocenters. The summed E-state index contributed by atoms with van der Waals surface area (Å²) in [6.45, 7) is 1.12. The van der Waals surface area contributed by atoms with Gasteiger partial charge in [0.25, 0.3) is 15.7 Å². The molecule has 250 valence electrons. The van der Waals surface area contributed by atoms with Gasteiger partial charge in [-0.15, -0.1) is 0 Å². The van der Waals surface area contributed by atoms with E-state index in [2.05, 4.69) is 12.2 Å². The number of ether oxygens (including phenoxy) is 2. The molecule has 1 saturated heterocycles. The first-order valence-corrected chi connectivity index (χ1v) is 16.8. The van der Waals surface area contributed by atoms with E-state index in [0.29, 0.717) is 12.8 Å². The summed E-state index contributed by atoms with van der Waals surface area (Å²) in [5.41, 5.74) is -0.694. The van der Waals surface area contributed by atoms with Crippen molar-refractivity contribution in [2.24, 2.45) is 0 Å². The molecule has 2 aromatic rings. The average Bonchev–Trinajstić information content (AvgIpc) is 3.27. The molecule has 0 radical (unpaired) electrons. The largest absolute Gasteiger partial charge is 0.463 e. The van der Waals surface area contributed by atoms with Crippen LogP contribution in [-0.4, -0.2) is 83.4 Å². The van der Waals surface area contributed by atoms with Crippen LogP contribution in [0.2, 0.25) is 0 Å². The summed E-state index contributed by atoms with van der Waals surface area (Å²) >= 11 is 0. The van der Waals surface area contributed by atoms with Crippen LogP contribution in [0.25, 0.3) is 0 Å². The molecule has 1 aromatic carbocycles. The summed E-state index contributed by atoms with van der Waals surface area (Å²) in [6, 6.07) is 9.68. The van der Waals surface area contributed by atoms with E-state index in [1.165, 1.54) is 19.3 Å². The number of aliphatic hydroxyl groups excluding tert-OH is 2. The Hall–Kier alpha value is -3.37. The molecule has 0 spiro atoms. The lowest BCUT2D eigenvalue weighted by Crippen LogP contribution is -2.41.